The predicted octanol–water partition coefficient (Wildman–Crippen LogP) is 14.9. The first kappa shape index (κ1) is 50.4. The van der Waals surface area contributed by atoms with Gasteiger partial charge in [-0.25, -0.2) is 0 Å². The molecular weight excluding hydrogens is 627 g/mol. The number of unbranched alkanes of at least 4 members (excludes halogenated alkanes) is 37. The number of nitrogens with one attached hydrogen (secondary N) is 1. The number of aliphatic hydroxyl groups excluding tert-OH is 2. The molecule has 0 saturated heterocycles. The van der Waals surface area contributed by atoms with Gasteiger partial charge in [0.15, 0.2) is 0 Å². The van der Waals surface area contributed by atoms with E-state index >= 15 is 0 Å². The fourth-order valence-corrected chi connectivity index (χ4v) is 7.72. The molecule has 0 aromatic carbocycles. The largest absolute Gasteiger partial charge is 0.394 e. The summed E-state index contributed by atoms with van der Waals surface area (Å²) in [6.07, 6.45) is 53.6. The Balaban J connectivity index is 3.34. The van der Waals surface area contributed by atoms with Crippen molar-refractivity contribution in [3.8, 4) is 0 Å². The van der Waals surface area contributed by atoms with Crippen LogP contribution in [0.4, 0.5) is 0 Å². The fourth-order valence-electron chi connectivity index (χ4n) is 7.72. The van der Waals surface area contributed by atoms with Gasteiger partial charge in [0, 0.05) is 6.42 Å². The minimum atomic E-state index is -0.652. The van der Waals surface area contributed by atoms with Crippen LogP contribution in [0, 0.1) is 0 Å². The number of hydrogen-bond donors (Lipinski definition) is 3. The predicted molar refractivity (Wildman–Crippen MR) is 226 cm³/mol. The Morgan fingerprint density at radius 3 is 0.882 bits per heavy atom. The van der Waals surface area contributed by atoms with Gasteiger partial charge in [0.05, 0.1) is 18.8 Å². The third-order valence-electron chi connectivity index (χ3n) is 11.4. The maximum Gasteiger partial charge on any atom is 0.220 e. The molecule has 4 heteroatoms. The van der Waals surface area contributed by atoms with Crippen LogP contribution < -0.4 is 5.32 Å². The Morgan fingerprint density at radius 1 is 0.392 bits per heavy atom. The van der Waals surface area contributed by atoms with Gasteiger partial charge in [0.2, 0.25) is 5.91 Å². The third-order valence-corrected chi connectivity index (χ3v) is 11.4. The molecule has 1 amide bonds. The van der Waals surface area contributed by atoms with Gasteiger partial charge < -0.3 is 15.5 Å². The van der Waals surface area contributed by atoms with Crippen LogP contribution in [0.25, 0.3) is 0 Å². The third kappa shape index (κ3) is 40.4. The Bertz CT molecular complexity index is 655. The van der Waals surface area contributed by atoms with Gasteiger partial charge in [-0.3, -0.25) is 4.79 Å². The summed E-state index contributed by atoms with van der Waals surface area (Å²) in [5.41, 5.74) is 0. The van der Waals surface area contributed by atoms with Gasteiger partial charge in [-0.1, -0.05) is 258 Å². The number of carbonyl (C=O) groups excluding carboxylic acids is 1. The molecule has 2 atom stereocenters. The molecule has 2 unspecified atom stereocenters. The first-order valence-corrected chi connectivity index (χ1v) is 23.7. The van der Waals surface area contributed by atoms with Crippen molar-refractivity contribution in [3.63, 3.8) is 0 Å². The first-order chi connectivity index (χ1) is 25.2. The lowest BCUT2D eigenvalue weighted by Gasteiger charge is -2.22. The minimum Gasteiger partial charge on any atom is -0.394 e. The molecule has 51 heavy (non-hydrogen) atoms. The lowest BCUT2D eigenvalue weighted by molar-refractivity contribution is -0.123. The van der Waals surface area contributed by atoms with E-state index in [1.807, 2.05) is 0 Å². The van der Waals surface area contributed by atoms with Gasteiger partial charge in [-0.15, -0.1) is 0 Å². The molecule has 306 valence electrons. The van der Waals surface area contributed by atoms with Gasteiger partial charge in [-0.2, -0.15) is 0 Å². The molecule has 0 fully saturated rings. The van der Waals surface area contributed by atoms with Gasteiger partial charge in [0.25, 0.3) is 0 Å². The number of hydrogen-bond acceptors (Lipinski definition) is 3. The zero-order valence-electron chi connectivity index (χ0n) is 35.2. The minimum absolute atomic E-state index is 0.0308. The summed E-state index contributed by atoms with van der Waals surface area (Å²) in [5, 5.41) is 23.1. The Morgan fingerprint density at radius 2 is 0.627 bits per heavy atom. The molecule has 0 aliphatic heterocycles. The van der Waals surface area contributed by atoms with Crippen LogP contribution in [0.15, 0.2) is 0 Å². The fraction of sp³-hybridized carbons (Fsp3) is 0.979. The summed E-state index contributed by atoms with van der Waals surface area (Å²) < 4.78 is 0. The van der Waals surface area contributed by atoms with Crippen molar-refractivity contribution in [2.75, 3.05) is 6.61 Å². The summed E-state index contributed by atoms with van der Waals surface area (Å²) in [7, 11) is 0. The molecule has 0 aromatic rings. The molecule has 0 aliphatic carbocycles. The smallest absolute Gasteiger partial charge is 0.220 e. The van der Waals surface area contributed by atoms with E-state index in [9.17, 15) is 15.0 Å². The van der Waals surface area contributed by atoms with Crippen molar-refractivity contribution in [2.24, 2.45) is 0 Å². The highest BCUT2D eigenvalue weighted by atomic mass is 16.3. The highest BCUT2D eigenvalue weighted by molar-refractivity contribution is 5.76. The van der Waals surface area contributed by atoms with E-state index in [1.54, 1.807) is 0 Å². The molecule has 0 spiro atoms. The van der Waals surface area contributed by atoms with Crippen LogP contribution in [0.5, 0.6) is 0 Å². The van der Waals surface area contributed by atoms with Crippen LogP contribution in [0.2, 0.25) is 0 Å². The average Bonchev–Trinajstić information content (AvgIpc) is 3.13. The second-order valence-corrected chi connectivity index (χ2v) is 16.5. The van der Waals surface area contributed by atoms with E-state index in [-0.39, 0.29) is 12.5 Å². The molecule has 0 bridgehead atoms. The Labute approximate surface area is 321 Å². The summed E-state index contributed by atoms with van der Waals surface area (Å²) in [4.78, 5) is 12.3. The quantitative estimate of drug-likeness (QED) is 0.0549. The zero-order chi connectivity index (χ0) is 37.1. The van der Waals surface area contributed by atoms with Crippen molar-refractivity contribution in [3.05, 3.63) is 0 Å². The second-order valence-electron chi connectivity index (χ2n) is 16.5. The monoisotopic (exact) mass is 722 g/mol. The average molecular weight is 722 g/mol. The summed E-state index contributed by atoms with van der Waals surface area (Å²) in [6, 6.07) is -0.528. The number of carbonyl (C=O) groups is 1. The van der Waals surface area contributed by atoms with E-state index in [0.29, 0.717) is 12.8 Å². The van der Waals surface area contributed by atoms with E-state index in [4.69, 9.17) is 0 Å². The number of rotatable bonds is 44. The standard InChI is InChI=1S/C47H95NO3/c1-3-5-7-9-11-13-14-15-16-17-18-19-20-21-22-23-24-25-26-27-28-29-30-31-32-33-35-36-38-40-42-46(50)45(44-49)48-47(51)43-41-39-37-34-12-10-8-6-4-2/h45-46,49-50H,3-44H2,1-2H3,(H,48,51). The Hall–Kier alpha value is -0.610. The number of amides is 1. The van der Waals surface area contributed by atoms with Crippen LogP contribution in [-0.4, -0.2) is 34.9 Å². The zero-order valence-corrected chi connectivity index (χ0v) is 35.2. The molecule has 0 aliphatic rings. The molecule has 0 heterocycles. The molecule has 0 radical (unpaired) electrons. The SMILES string of the molecule is CCCCCCCCCCCCCCCCCCCCCCCCCCCCCCCCC(O)C(CO)NC(=O)CCCCCCCCCCC. The van der Waals surface area contributed by atoms with Gasteiger partial charge in [-0.05, 0) is 12.8 Å². The maximum atomic E-state index is 12.3. The Kier molecular flexibility index (Phi) is 43.3. The van der Waals surface area contributed by atoms with E-state index in [1.165, 1.54) is 225 Å². The lowest BCUT2D eigenvalue weighted by atomic mass is 10.0. The van der Waals surface area contributed by atoms with E-state index in [0.717, 1.165) is 25.7 Å². The van der Waals surface area contributed by atoms with Gasteiger partial charge >= 0.3 is 0 Å². The summed E-state index contributed by atoms with van der Waals surface area (Å²) in [6.45, 7) is 4.36. The van der Waals surface area contributed by atoms with Crippen molar-refractivity contribution in [1.82, 2.24) is 5.32 Å². The normalized spacial score (nSPS) is 12.8. The lowest BCUT2D eigenvalue weighted by Crippen LogP contribution is -2.45. The number of aliphatic hydroxyl groups is 2. The van der Waals surface area contributed by atoms with Crippen LogP contribution in [0.1, 0.15) is 277 Å². The summed E-state index contributed by atoms with van der Waals surface area (Å²) >= 11 is 0. The highest BCUT2D eigenvalue weighted by Crippen LogP contribution is 2.17. The van der Waals surface area contributed by atoms with Crippen LogP contribution in [-0.2, 0) is 4.79 Å². The van der Waals surface area contributed by atoms with Crippen molar-refractivity contribution >= 4 is 5.91 Å². The molecule has 4 nitrogen and oxygen atoms in total. The topological polar surface area (TPSA) is 69.6 Å². The molecule has 3 N–H and O–H groups in total. The van der Waals surface area contributed by atoms with Gasteiger partial charge in [0.1, 0.15) is 0 Å². The molecule has 0 saturated carbocycles. The summed E-state index contributed by atoms with van der Waals surface area (Å²) in [5.74, 6) is -0.0308. The highest BCUT2D eigenvalue weighted by Gasteiger charge is 2.20. The maximum absolute atomic E-state index is 12.3. The van der Waals surface area contributed by atoms with Crippen molar-refractivity contribution < 1.29 is 15.0 Å². The molecule has 0 aromatic heterocycles. The second kappa shape index (κ2) is 43.8. The van der Waals surface area contributed by atoms with E-state index < -0.39 is 12.1 Å². The first-order valence-electron chi connectivity index (χ1n) is 23.7. The van der Waals surface area contributed by atoms with Crippen LogP contribution >= 0.6 is 0 Å². The molecular formula is C47H95NO3. The van der Waals surface area contributed by atoms with E-state index in [2.05, 4.69) is 19.2 Å². The molecule has 0 rings (SSSR count). The van der Waals surface area contributed by atoms with Crippen molar-refractivity contribution in [2.45, 2.75) is 289 Å². The van der Waals surface area contributed by atoms with Crippen molar-refractivity contribution in [1.29, 1.82) is 0 Å². The van der Waals surface area contributed by atoms with Crippen LogP contribution in [0.3, 0.4) is 0 Å².